The molecule has 1 fully saturated rings. The molecule has 0 spiro atoms. The predicted octanol–water partition coefficient (Wildman–Crippen LogP) is 6.37. The van der Waals surface area contributed by atoms with Gasteiger partial charge in [-0.1, -0.05) is 68.2 Å². The van der Waals surface area contributed by atoms with Crippen LogP contribution >= 0.6 is 23.2 Å². The molecule has 39 heavy (non-hydrogen) atoms. The molecule has 1 saturated heterocycles. The Kier molecular flexibility index (Phi) is 10.1. The van der Waals surface area contributed by atoms with Crippen LogP contribution in [0.1, 0.15) is 77.0 Å². The summed E-state index contributed by atoms with van der Waals surface area (Å²) < 4.78 is 27.8. The minimum Gasteiger partial charge on any atom is -0.481 e. The van der Waals surface area contributed by atoms with Crippen LogP contribution in [0.25, 0.3) is 0 Å². The Hall–Kier alpha value is -2.13. The SMILES string of the molecule is CCC(CN(CC)S(=O)(=O)C(C)C)N1C(=O)C(C)(CC(=O)O)CC(c2cccc(Cl)c2)C1c1ccc(Cl)cc1. The number of aliphatic carboxylic acids is 1. The number of hydrogen-bond donors (Lipinski definition) is 1. The maximum absolute atomic E-state index is 14.4. The van der Waals surface area contributed by atoms with E-state index in [2.05, 4.69) is 0 Å². The Morgan fingerprint density at radius 3 is 2.26 bits per heavy atom. The van der Waals surface area contributed by atoms with Crippen LogP contribution in [0.3, 0.4) is 0 Å². The van der Waals surface area contributed by atoms with Crippen molar-refractivity contribution in [2.75, 3.05) is 13.1 Å². The number of hydrogen-bond acceptors (Lipinski definition) is 4. The summed E-state index contributed by atoms with van der Waals surface area (Å²) in [5.41, 5.74) is 0.514. The number of rotatable bonds is 11. The lowest BCUT2D eigenvalue weighted by Crippen LogP contribution is -2.58. The minimum absolute atomic E-state index is 0.106. The van der Waals surface area contributed by atoms with Crippen molar-refractivity contribution in [1.29, 1.82) is 0 Å². The lowest BCUT2D eigenvalue weighted by Gasteiger charge is -2.52. The number of carboxylic acids is 1. The van der Waals surface area contributed by atoms with E-state index < -0.39 is 38.7 Å². The molecule has 2 aromatic rings. The van der Waals surface area contributed by atoms with Gasteiger partial charge in [0.25, 0.3) is 0 Å². The molecular weight excluding hydrogens is 559 g/mol. The van der Waals surface area contributed by atoms with Gasteiger partial charge >= 0.3 is 5.97 Å². The van der Waals surface area contributed by atoms with Crippen molar-refractivity contribution in [3.05, 3.63) is 69.7 Å². The maximum Gasteiger partial charge on any atom is 0.304 e. The van der Waals surface area contributed by atoms with Crippen molar-refractivity contribution >= 4 is 45.1 Å². The van der Waals surface area contributed by atoms with Crippen LogP contribution in [0.15, 0.2) is 48.5 Å². The molecule has 1 aliphatic heterocycles. The zero-order chi connectivity index (χ0) is 29.1. The molecule has 4 unspecified atom stereocenters. The second kappa shape index (κ2) is 12.6. The van der Waals surface area contributed by atoms with E-state index in [1.807, 2.05) is 37.3 Å². The van der Waals surface area contributed by atoms with Gasteiger partial charge in [-0.3, -0.25) is 9.59 Å². The van der Waals surface area contributed by atoms with Gasteiger partial charge in [-0.2, -0.15) is 4.31 Å². The smallest absolute Gasteiger partial charge is 0.304 e. The first-order valence-electron chi connectivity index (χ1n) is 13.3. The van der Waals surface area contributed by atoms with Crippen LogP contribution < -0.4 is 0 Å². The molecule has 214 valence electrons. The number of carbonyl (C=O) groups is 2. The number of carboxylic acid groups (broad SMARTS) is 1. The predicted molar refractivity (Wildman–Crippen MR) is 156 cm³/mol. The van der Waals surface area contributed by atoms with E-state index in [9.17, 15) is 23.1 Å². The molecule has 0 aromatic heterocycles. The second-order valence-corrected chi connectivity index (χ2v) is 14.2. The second-order valence-electron chi connectivity index (χ2n) is 10.8. The Bertz CT molecular complexity index is 1280. The number of nitrogens with zero attached hydrogens (tertiary/aromatic N) is 2. The van der Waals surface area contributed by atoms with Gasteiger partial charge in [0, 0.05) is 35.1 Å². The molecule has 7 nitrogen and oxygen atoms in total. The molecule has 0 radical (unpaired) electrons. The fraction of sp³-hybridized carbons (Fsp3) is 0.517. The van der Waals surface area contributed by atoms with E-state index in [0.29, 0.717) is 22.9 Å². The third kappa shape index (κ3) is 6.79. The van der Waals surface area contributed by atoms with E-state index in [1.165, 1.54) is 4.31 Å². The van der Waals surface area contributed by atoms with Gasteiger partial charge in [0.05, 0.1) is 23.1 Å². The van der Waals surface area contributed by atoms with Crippen LogP contribution in [0, 0.1) is 5.41 Å². The number of likely N-dealkylation sites (tertiary alicyclic amines) is 1. The van der Waals surface area contributed by atoms with Gasteiger partial charge in [0.1, 0.15) is 0 Å². The van der Waals surface area contributed by atoms with E-state index in [1.54, 1.807) is 50.8 Å². The van der Waals surface area contributed by atoms with Crippen LogP contribution in [-0.2, 0) is 19.6 Å². The highest BCUT2D eigenvalue weighted by atomic mass is 35.5. The molecule has 1 heterocycles. The zero-order valence-corrected chi connectivity index (χ0v) is 25.4. The summed E-state index contributed by atoms with van der Waals surface area (Å²) >= 11 is 12.6. The lowest BCUT2D eigenvalue weighted by molar-refractivity contribution is -0.160. The molecule has 1 aliphatic rings. The summed E-state index contributed by atoms with van der Waals surface area (Å²) in [5, 5.41) is 10.3. The summed E-state index contributed by atoms with van der Waals surface area (Å²) in [6.07, 6.45) is 0.427. The largest absolute Gasteiger partial charge is 0.481 e. The summed E-state index contributed by atoms with van der Waals surface area (Å²) in [6, 6.07) is 13.7. The first kappa shape index (κ1) is 31.4. The van der Waals surface area contributed by atoms with Gasteiger partial charge in [-0.25, -0.2) is 8.42 Å². The number of sulfonamides is 1. The average Bonchev–Trinajstić information content (AvgIpc) is 2.86. The number of piperidine rings is 1. The van der Waals surface area contributed by atoms with Gasteiger partial charge in [0.2, 0.25) is 15.9 Å². The summed E-state index contributed by atoms with van der Waals surface area (Å²) in [4.78, 5) is 28.1. The van der Waals surface area contributed by atoms with E-state index in [-0.39, 0.29) is 31.3 Å². The summed E-state index contributed by atoms with van der Waals surface area (Å²) in [6.45, 7) is 9.04. The Balaban J connectivity index is 2.25. The lowest BCUT2D eigenvalue weighted by atomic mass is 9.67. The quantitative estimate of drug-likeness (QED) is 0.325. The van der Waals surface area contributed by atoms with Crippen molar-refractivity contribution in [1.82, 2.24) is 9.21 Å². The van der Waals surface area contributed by atoms with Crippen molar-refractivity contribution in [3.8, 4) is 0 Å². The van der Waals surface area contributed by atoms with Crippen LogP contribution in [0.4, 0.5) is 0 Å². The highest BCUT2D eigenvalue weighted by Crippen LogP contribution is 2.52. The highest BCUT2D eigenvalue weighted by Gasteiger charge is 2.52. The highest BCUT2D eigenvalue weighted by molar-refractivity contribution is 7.89. The fourth-order valence-electron chi connectivity index (χ4n) is 5.64. The normalized spacial score (nSPS) is 22.9. The number of carbonyl (C=O) groups excluding carboxylic acids is 1. The number of likely N-dealkylation sites (N-methyl/N-ethyl adjacent to an activating group) is 1. The minimum atomic E-state index is -3.59. The van der Waals surface area contributed by atoms with Crippen molar-refractivity contribution in [2.45, 2.75) is 77.1 Å². The summed E-state index contributed by atoms with van der Waals surface area (Å²) in [5.74, 6) is -1.66. The third-order valence-electron chi connectivity index (χ3n) is 7.72. The fourth-order valence-corrected chi connectivity index (χ4v) is 7.30. The van der Waals surface area contributed by atoms with Crippen molar-refractivity contribution in [3.63, 3.8) is 0 Å². The molecule has 4 atom stereocenters. The Labute approximate surface area is 242 Å². The molecule has 1 amide bonds. The standard InChI is InChI=1S/C29H38Cl2N2O5S/c1-6-24(18-32(7-2)39(37,38)19(3)4)33-27(20-11-13-22(30)14-12-20)25(21-9-8-10-23(31)15-21)16-29(5,28(33)36)17-26(34)35/h8-15,19,24-25,27H,6-7,16-18H2,1-5H3,(H,34,35). The van der Waals surface area contributed by atoms with E-state index in [4.69, 9.17) is 23.2 Å². The number of halogens is 2. The van der Waals surface area contributed by atoms with Crippen molar-refractivity contribution in [2.24, 2.45) is 5.41 Å². The Morgan fingerprint density at radius 2 is 1.74 bits per heavy atom. The molecule has 10 heteroatoms. The van der Waals surface area contributed by atoms with Crippen LogP contribution in [0.2, 0.25) is 10.0 Å². The van der Waals surface area contributed by atoms with Gasteiger partial charge in [-0.15, -0.1) is 0 Å². The molecule has 1 N–H and O–H groups in total. The molecular formula is C29H38Cl2N2O5S. The Morgan fingerprint density at radius 1 is 1.10 bits per heavy atom. The van der Waals surface area contributed by atoms with Gasteiger partial charge in [-0.05, 0) is 62.1 Å². The monoisotopic (exact) mass is 596 g/mol. The molecule has 0 aliphatic carbocycles. The van der Waals surface area contributed by atoms with Gasteiger partial charge < -0.3 is 10.0 Å². The molecule has 0 saturated carbocycles. The molecule has 3 rings (SSSR count). The summed E-state index contributed by atoms with van der Waals surface area (Å²) in [7, 11) is -3.59. The molecule has 2 aromatic carbocycles. The maximum atomic E-state index is 14.4. The number of amides is 1. The topological polar surface area (TPSA) is 95.0 Å². The van der Waals surface area contributed by atoms with Crippen molar-refractivity contribution < 1.29 is 23.1 Å². The van der Waals surface area contributed by atoms with Crippen LogP contribution in [-0.4, -0.2) is 59.0 Å². The van der Waals surface area contributed by atoms with E-state index in [0.717, 1.165) is 11.1 Å². The third-order valence-corrected chi connectivity index (χ3v) is 10.5. The van der Waals surface area contributed by atoms with Gasteiger partial charge in [0.15, 0.2) is 0 Å². The molecule has 0 bridgehead atoms. The number of benzene rings is 2. The first-order chi connectivity index (χ1) is 18.2. The van der Waals surface area contributed by atoms with E-state index >= 15 is 0 Å². The zero-order valence-electron chi connectivity index (χ0n) is 23.1. The van der Waals surface area contributed by atoms with Crippen LogP contribution in [0.5, 0.6) is 0 Å². The first-order valence-corrected chi connectivity index (χ1v) is 15.6. The average molecular weight is 598 g/mol.